The van der Waals surface area contributed by atoms with Crippen molar-refractivity contribution in [2.24, 2.45) is 0 Å². The van der Waals surface area contributed by atoms with Gasteiger partial charge in [0.05, 0.1) is 37.6 Å². The van der Waals surface area contributed by atoms with Crippen molar-refractivity contribution >= 4 is 35.0 Å². The third-order valence-corrected chi connectivity index (χ3v) is 12.4. The molecule has 0 radical (unpaired) electrons. The molecule has 4 amide bonds. The Bertz CT molecular complexity index is 2810. The van der Waals surface area contributed by atoms with Crippen molar-refractivity contribution in [1.82, 2.24) is 50.0 Å². The number of likely N-dealkylation sites (N-methyl/N-ethyl adjacent to an activating group) is 2. The topological polar surface area (TPSA) is 185 Å². The molecule has 9 rings (SSSR count). The van der Waals surface area contributed by atoms with Gasteiger partial charge in [-0.25, -0.2) is 19.3 Å². The second-order valence-electron chi connectivity index (χ2n) is 17.4. The van der Waals surface area contributed by atoms with E-state index in [9.17, 15) is 19.2 Å². The number of nitrogens with zero attached hydrogens (tertiary/aromatic N) is 10. The summed E-state index contributed by atoms with van der Waals surface area (Å²) in [4.78, 5) is 69.8. The summed E-state index contributed by atoms with van der Waals surface area (Å²) < 4.78 is 15.5. The molecule has 6 aromatic rings. The van der Waals surface area contributed by atoms with Crippen LogP contribution in [0.4, 0.5) is 11.4 Å². The minimum atomic E-state index is -0.975. The van der Waals surface area contributed by atoms with Crippen LogP contribution in [0.5, 0.6) is 11.5 Å². The monoisotopic (exact) mass is 940 g/mol. The second kappa shape index (κ2) is 20.9. The molecule has 3 aliphatic heterocycles. The minimum absolute atomic E-state index is 0.0372. The van der Waals surface area contributed by atoms with Gasteiger partial charge in [-0.3, -0.25) is 29.0 Å². The van der Waals surface area contributed by atoms with Crippen LogP contribution in [-0.4, -0.2) is 141 Å². The van der Waals surface area contributed by atoms with Crippen molar-refractivity contribution in [3.05, 3.63) is 144 Å². The lowest BCUT2D eigenvalue weighted by Crippen LogP contribution is -2.53. The SMILES string of the molecule is C[C@@H]1Oc2ccc(C#CCN3CCN(CC#Cc4ccc5c(c4)N(C)C(=O)[C@@H](NC(=O)c4ncn(Cc6ccccc6)n4)[C@@H](C)O5)CC3)cc2N(C)C(=O)[C@H]1NC(=O)c1ncn(Cc2ccccc2)n1. The minimum Gasteiger partial charge on any atom is -0.486 e. The number of carbonyl (C=O) groups is 4. The summed E-state index contributed by atoms with van der Waals surface area (Å²) in [7, 11) is 3.31. The Hall–Kier alpha value is -8.32. The van der Waals surface area contributed by atoms with E-state index >= 15 is 0 Å². The van der Waals surface area contributed by atoms with Crippen LogP contribution in [0.15, 0.2) is 110 Å². The number of nitrogens with one attached hydrogen (secondary N) is 2. The lowest BCUT2D eigenvalue weighted by atomic mass is 10.1. The molecule has 2 aromatic heterocycles. The van der Waals surface area contributed by atoms with Crippen molar-refractivity contribution < 1.29 is 28.7 Å². The molecule has 3 aliphatic rings. The molecule has 0 unspecified atom stereocenters. The molecule has 18 heteroatoms. The van der Waals surface area contributed by atoms with Gasteiger partial charge < -0.3 is 29.9 Å². The van der Waals surface area contributed by atoms with Gasteiger partial charge in [0.15, 0.2) is 0 Å². The predicted molar refractivity (Wildman–Crippen MR) is 260 cm³/mol. The van der Waals surface area contributed by atoms with Crippen LogP contribution in [0.25, 0.3) is 0 Å². The Morgan fingerprint density at radius 1 is 0.600 bits per heavy atom. The standard InChI is InChI=1S/C52H52N12O6/c1-35-45(55-49(65)47-53-33-63(57-47)31-39-13-7-5-8-14-39)51(67)59(3)41-29-37(19-21-43(41)69-35)17-11-23-61-25-27-62(28-26-61)24-12-18-38-20-22-44-42(30-38)60(4)52(68)46(36(2)70-44)56-50(66)48-54-34-64(58-48)32-40-15-9-6-10-16-40/h5-10,13-16,19-22,29-30,33-36,45-46H,23-28,31-32H2,1-4H3,(H,55,65)(H,56,66)/t35-,36+,45-,46-/m0/s1. The van der Waals surface area contributed by atoms with E-state index in [1.54, 1.807) is 49.4 Å². The molecule has 0 bridgehead atoms. The summed E-state index contributed by atoms with van der Waals surface area (Å²) in [6.07, 6.45) is 1.65. The quantitative estimate of drug-likeness (QED) is 0.192. The lowest BCUT2D eigenvalue weighted by molar-refractivity contribution is -0.122. The summed E-state index contributed by atoms with van der Waals surface area (Å²) >= 11 is 0. The highest BCUT2D eigenvalue weighted by atomic mass is 16.5. The van der Waals surface area contributed by atoms with Crippen LogP contribution in [0.1, 0.15) is 57.3 Å². The Balaban J connectivity index is 0.739. The third-order valence-electron chi connectivity index (χ3n) is 12.4. The van der Waals surface area contributed by atoms with E-state index in [1.165, 1.54) is 22.5 Å². The molecular formula is C52H52N12O6. The first kappa shape index (κ1) is 46.8. The number of carbonyl (C=O) groups excluding carboxylic acids is 4. The highest BCUT2D eigenvalue weighted by molar-refractivity contribution is 6.04. The summed E-state index contributed by atoms with van der Waals surface area (Å²) in [5.74, 6) is 12.2. The van der Waals surface area contributed by atoms with Crippen LogP contribution in [0.2, 0.25) is 0 Å². The zero-order chi connectivity index (χ0) is 48.7. The number of ether oxygens (including phenoxy) is 2. The fourth-order valence-electron chi connectivity index (χ4n) is 8.38. The van der Waals surface area contributed by atoms with Gasteiger partial charge in [-0.1, -0.05) is 84.3 Å². The number of aromatic nitrogens is 6. The molecule has 18 nitrogen and oxygen atoms in total. The van der Waals surface area contributed by atoms with Gasteiger partial charge in [0.2, 0.25) is 11.6 Å². The van der Waals surface area contributed by atoms with Crippen LogP contribution < -0.4 is 29.9 Å². The number of amides is 4. The second-order valence-corrected chi connectivity index (χ2v) is 17.4. The van der Waals surface area contributed by atoms with Crippen molar-refractivity contribution in [3.63, 3.8) is 0 Å². The van der Waals surface area contributed by atoms with Crippen LogP contribution in [0.3, 0.4) is 0 Å². The highest BCUT2D eigenvalue weighted by Gasteiger charge is 2.38. The Kier molecular flexibility index (Phi) is 14.0. The van der Waals surface area contributed by atoms with E-state index in [0.717, 1.165) is 48.4 Å². The lowest BCUT2D eigenvalue weighted by Gasteiger charge is -2.32. The van der Waals surface area contributed by atoms with Gasteiger partial charge in [-0.2, -0.15) is 0 Å². The van der Waals surface area contributed by atoms with Gasteiger partial charge in [-0.15, -0.1) is 10.2 Å². The Labute approximate surface area is 405 Å². The smallest absolute Gasteiger partial charge is 0.291 e. The van der Waals surface area contributed by atoms with Crippen molar-refractivity contribution in [3.8, 4) is 35.2 Å². The molecule has 0 saturated carbocycles. The van der Waals surface area contributed by atoms with Crippen molar-refractivity contribution in [1.29, 1.82) is 0 Å². The summed E-state index contributed by atoms with van der Waals surface area (Å²) in [5, 5.41) is 14.2. The maximum Gasteiger partial charge on any atom is 0.291 e. The van der Waals surface area contributed by atoms with Crippen molar-refractivity contribution in [2.45, 2.75) is 51.2 Å². The normalized spacial score (nSPS) is 19.1. The number of fused-ring (bicyclic) bond motifs is 2. The van der Waals surface area contributed by atoms with E-state index in [2.05, 4.69) is 64.3 Å². The van der Waals surface area contributed by atoms with Gasteiger partial charge in [0, 0.05) is 51.4 Å². The first-order valence-electron chi connectivity index (χ1n) is 23.0. The molecule has 4 aromatic carbocycles. The zero-order valence-electron chi connectivity index (χ0n) is 39.3. The van der Waals surface area contributed by atoms with E-state index < -0.39 is 36.1 Å². The van der Waals surface area contributed by atoms with Crippen molar-refractivity contribution in [2.75, 3.05) is 63.2 Å². The van der Waals surface area contributed by atoms with Gasteiger partial charge >= 0.3 is 0 Å². The third kappa shape index (κ3) is 10.8. The number of piperazine rings is 1. The molecule has 4 atom stereocenters. The van der Waals surface area contributed by atoms with Gasteiger partial charge in [0.1, 0.15) is 48.4 Å². The average molecular weight is 941 g/mol. The number of anilines is 2. The Morgan fingerprint density at radius 3 is 1.40 bits per heavy atom. The molecule has 0 spiro atoms. The van der Waals surface area contributed by atoms with Crippen LogP contribution in [0, 0.1) is 23.7 Å². The average Bonchev–Trinajstić information content (AvgIpc) is 4.02. The predicted octanol–water partition coefficient (Wildman–Crippen LogP) is 3.07. The number of hydrogen-bond donors (Lipinski definition) is 2. The van der Waals surface area contributed by atoms with E-state index in [-0.39, 0.29) is 23.5 Å². The summed E-state index contributed by atoms with van der Waals surface area (Å²) in [5.41, 5.74) is 4.62. The number of rotatable bonds is 10. The molecule has 356 valence electrons. The van der Waals surface area contributed by atoms with Gasteiger partial charge in [-0.05, 0) is 61.4 Å². The van der Waals surface area contributed by atoms with E-state index in [4.69, 9.17) is 9.47 Å². The first-order chi connectivity index (χ1) is 33.9. The highest BCUT2D eigenvalue weighted by Crippen LogP contribution is 2.35. The van der Waals surface area contributed by atoms with E-state index in [0.29, 0.717) is 49.1 Å². The molecule has 70 heavy (non-hydrogen) atoms. The van der Waals surface area contributed by atoms with Crippen LogP contribution >= 0.6 is 0 Å². The Morgan fingerprint density at radius 2 is 1.00 bits per heavy atom. The maximum atomic E-state index is 13.7. The molecule has 1 saturated heterocycles. The summed E-state index contributed by atoms with van der Waals surface area (Å²) in [6.45, 7) is 8.84. The maximum absolute atomic E-state index is 13.7. The fourth-order valence-corrected chi connectivity index (χ4v) is 8.38. The molecule has 2 N–H and O–H groups in total. The molecule has 5 heterocycles. The number of hydrogen-bond acceptors (Lipinski definition) is 12. The number of benzene rings is 4. The van der Waals surface area contributed by atoms with Gasteiger partial charge in [0.25, 0.3) is 23.6 Å². The van der Waals surface area contributed by atoms with Crippen LogP contribution in [-0.2, 0) is 22.7 Å². The largest absolute Gasteiger partial charge is 0.486 e. The molecular weight excluding hydrogens is 889 g/mol. The van der Waals surface area contributed by atoms with E-state index in [1.807, 2.05) is 84.9 Å². The molecule has 0 aliphatic carbocycles. The zero-order valence-corrected chi connectivity index (χ0v) is 39.3. The first-order valence-corrected chi connectivity index (χ1v) is 23.0. The fraction of sp³-hybridized carbons (Fsp3) is 0.308. The molecule has 1 fully saturated rings. The summed E-state index contributed by atoms with van der Waals surface area (Å²) in [6, 6.07) is 28.5.